The highest BCUT2D eigenvalue weighted by Crippen LogP contribution is 2.22. The second-order valence-electron chi connectivity index (χ2n) is 9.22. The number of rotatable bonds is 14. The van der Waals surface area contributed by atoms with Gasteiger partial charge in [-0.25, -0.2) is 9.18 Å². The SMILES string of the molecule is CCCCCC[C@@H](CCCc1ccc(F)cc1)COC(=O)N(Cc1ccccc1)c1ccccc1. The van der Waals surface area contributed by atoms with Gasteiger partial charge in [0.15, 0.2) is 0 Å². The van der Waals surface area contributed by atoms with E-state index in [1.54, 1.807) is 4.90 Å². The van der Waals surface area contributed by atoms with Crippen molar-refractivity contribution in [1.29, 1.82) is 0 Å². The summed E-state index contributed by atoms with van der Waals surface area (Å²) < 4.78 is 19.1. The van der Waals surface area contributed by atoms with Crippen LogP contribution in [0, 0.1) is 11.7 Å². The lowest BCUT2D eigenvalue weighted by atomic mass is 9.94. The molecule has 0 unspecified atom stereocenters. The molecule has 0 saturated carbocycles. The summed E-state index contributed by atoms with van der Waals surface area (Å²) in [6.45, 7) is 3.11. The van der Waals surface area contributed by atoms with Crippen molar-refractivity contribution in [3.05, 3.63) is 102 Å². The second kappa shape index (κ2) is 15.0. The van der Waals surface area contributed by atoms with E-state index in [0.29, 0.717) is 19.1 Å². The fourth-order valence-electron chi connectivity index (χ4n) is 4.32. The average molecular weight is 476 g/mol. The molecule has 0 aliphatic carbocycles. The minimum Gasteiger partial charge on any atom is -0.449 e. The number of anilines is 1. The van der Waals surface area contributed by atoms with E-state index in [1.807, 2.05) is 72.8 Å². The Morgan fingerprint density at radius 2 is 1.46 bits per heavy atom. The third-order valence-electron chi connectivity index (χ3n) is 6.37. The molecule has 186 valence electrons. The van der Waals surface area contributed by atoms with E-state index in [9.17, 15) is 9.18 Å². The molecule has 3 aromatic carbocycles. The van der Waals surface area contributed by atoms with Crippen molar-refractivity contribution in [2.75, 3.05) is 11.5 Å². The van der Waals surface area contributed by atoms with Gasteiger partial charge >= 0.3 is 6.09 Å². The zero-order valence-electron chi connectivity index (χ0n) is 20.9. The first kappa shape index (κ1) is 26.5. The lowest BCUT2D eigenvalue weighted by Gasteiger charge is -2.24. The fourth-order valence-corrected chi connectivity index (χ4v) is 4.32. The van der Waals surface area contributed by atoms with Gasteiger partial charge in [-0.1, -0.05) is 93.3 Å². The molecule has 0 N–H and O–H groups in total. The van der Waals surface area contributed by atoms with Crippen molar-refractivity contribution >= 4 is 11.8 Å². The maximum atomic E-state index is 13.2. The molecule has 0 heterocycles. The first-order valence-electron chi connectivity index (χ1n) is 12.9. The molecule has 0 aromatic heterocycles. The van der Waals surface area contributed by atoms with Gasteiger partial charge < -0.3 is 4.74 Å². The number of unbranched alkanes of at least 4 members (excludes halogenated alkanes) is 3. The van der Waals surface area contributed by atoms with Crippen LogP contribution in [-0.4, -0.2) is 12.7 Å². The van der Waals surface area contributed by atoms with Crippen molar-refractivity contribution in [2.24, 2.45) is 5.92 Å². The van der Waals surface area contributed by atoms with Crippen LogP contribution in [0.5, 0.6) is 0 Å². The maximum absolute atomic E-state index is 13.2. The molecule has 0 fully saturated rings. The first-order chi connectivity index (χ1) is 17.2. The van der Waals surface area contributed by atoms with Crippen molar-refractivity contribution in [2.45, 2.75) is 64.8 Å². The zero-order chi connectivity index (χ0) is 24.7. The minimum absolute atomic E-state index is 0.201. The normalized spacial score (nSPS) is 11.7. The highest BCUT2D eigenvalue weighted by atomic mass is 19.1. The van der Waals surface area contributed by atoms with Crippen LogP contribution >= 0.6 is 0 Å². The molecule has 0 aliphatic heterocycles. The summed E-state index contributed by atoms with van der Waals surface area (Å²) in [5, 5.41) is 0. The lowest BCUT2D eigenvalue weighted by Crippen LogP contribution is -2.32. The van der Waals surface area contributed by atoms with Crippen LogP contribution in [0.3, 0.4) is 0 Å². The maximum Gasteiger partial charge on any atom is 0.414 e. The summed E-state index contributed by atoms with van der Waals surface area (Å²) in [7, 11) is 0. The molecule has 1 amide bonds. The molecule has 3 nitrogen and oxygen atoms in total. The van der Waals surface area contributed by atoms with E-state index in [-0.39, 0.29) is 11.9 Å². The zero-order valence-corrected chi connectivity index (χ0v) is 20.9. The van der Waals surface area contributed by atoms with Crippen LogP contribution < -0.4 is 4.90 Å². The van der Waals surface area contributed by atoms with Gasteiger partial charge in [0.25, 0.3) is 0 Å². The van der Waals surface area contributed by atoms with Crippen molar-refractivity contribution in [3.8, 4) is 0 Å². The summed E-state index contributed by atoms with van der Waals surface area (Å²) in [6.07, 6.45) is 8.44. The number of hydrogen-bond donors (Lipinski definition) is 0. The van der Waals surface area contributed by atoms with E-state index in [0.717, 1.165) is 48.9 Å². The Balaban J connectivity index is 1.59. The van der Waals surface area contributed by atoms with Gasteiger partial charge in [-0.3, -0.25) is 4.90 Å². The molecule has 3 rings (SSSR count). The molecule has 0 saturated heterocycles. The number of halogens is 1. The number of para-hydroxylation sites is 1. The van der Waals surface area contributed by atoms with Crippen LogP contribution in [-0.2, 0) is 17.7 Å². The number of nitrogens with zero attached hydrogens (tertiary/aromatic N) is 1. The Labute approximate surface area is 209 Å². The van der Waals surface area contributed by atoms with Gasteiger partial charge in [-0.2, -0.15) is 0 Å². The minimum atomic E-state index is -0.308. The van der Waals surface area contributed by atoms with E-state index in [4.69, 9.17) is 4.74 Å². The Morgan fingerprint density at radius 3 is 2.14 bits per heavy atom. The third kappa shape index (κ3) is 9.56. The van der Waals surface area contributed by atoms with Crippen LogP contribution in [0.15, 0.2) is 84.9 Å². The Morgan fingerprint density at radius 1 is 0.800 bits per heavy atom. The molecule has 1 atom stereocenters. The van der Waals surface area contributed by atoms with E-state index >= 15 is 0 Å². The highest BCUT2D eigenvalue weighted by molar-refractivity contribution is 5.87. The molecule has 0 spiro atoms. The molecule has 4 heteroatoms. The quantitative estimate of drug-likeness (QED) is 0.219. The summed E-state index contributed by atoms with van der Waals surface area (Å²) in [4.78, 5) is 14.9. The molecule has 35 heavy (non-hydrogen) atoms. The van der Waals surface area contributed by atoms with Crippen molar-refractivity contribution in [3.63, 3.8) is 0 Å². The smallest absolute Gasteiger partial charge is 0.414 e. The molecule has 0 radical (unpaired) electrons. The van der Waals surface area contributed by atoms with E-state index < -0.39 is 0 Å². The standard InChI is InChI=1S/C31H38FNO2/c1-2-3-4-7-15-28(17-12-16-26-20-22-29(32)23-21-26)25-35-31(34)33(30-18-10-6-11-19-30)24-27-13-8-5-9-14-27/h5-6,8-11,13-14,18-23,28H,2-4,7,12,15-17,24-25H2,1H3/t28-/m0/s1. The summed E-state index contributed by atoms with van der Waals surface area (Å²) in [5.41, 5.74) is 3.03. The van der Waals surface area contributed by atoms with Gasteiger partial charge in [-0.05, 0) is 67.0 Å². The fraction of sp³-hybridized carbons (Fsp3) is 0.387. The monoisotopic (exact) mass is 475 g/mol. The summed E-state index contributed by atoms with van der Waals surface area (Å²) in [5.74, 6) is 0.124. The Hall–Kier alpha value is -3.14. The van der Waals surface area contributed by atoms with Gasteiger partial charge in [-0.15, -0.1) is 0 Å². The van der Waals surface area contributed by atoms with E-state index in [2.05, 4.69) is 6.92 Å². The van der Waals surface area contributed by atoms with Crippen LogP contribution in [0.25, 0.3) is 0 Å². The Kier molecular flexibility index (Phi) is 11.3. The van der Waals surface area contributed by atoms with Gasteiger partial charge in [0, 0.05) is 5.69 Å². The molecular formula is C31H38FNO2. The predicted octanol–water partition coefficient (Wildman–Crippen LogP) is 8.58. The number of ether oxygens (including phenoxy) is 1. The van der Waals surface area contributed by atoms with Crippen molar-refractivity contribution in [1.82, 2.24) is 0 Å². The van der Waals surface area contributed by atoms with Crippen LogP contribution in [0.1, 0.15) is 63.0 Å². The van der Waals surface area contributed by atoms with E-state index in [1.165, 1.54) is 31.4 Å². The number of carbonyl (C=O) groups excluding carboxylic acids is 1. The third-order valence-corrected chi connectivity index (χ3v) is 6.37. The first-order valence-corrected chi connectivity index (χ1v) is 12.9. The highest BCUT2D eigenvalue weighted by Gasteiger charge is 2.20. The predicted molar refractivity (Wildman–Crippen MR) is 142 cm³/mol. The molecule has 0 aliphatic rings. The largest absolute Gasteiger partial charge is 0.449 e. The summed E-state index contributed by atoms with van der Waals surface area (Å²) in [6, 6.07) is 26.4. The van der Waals surface area contributed by atoms with Crippen molar-refractivity contribution < 1.29 is 13.9 Å². The topological polar surface area (TPSA) is 29.5 Å². The molecule has 0 bridgehead atoms. The van der Waals surface area contributed by atoms with Crippen LogP contribution in [0.4, 0.5) is 14.9 Å². The molecular weight excluding hydrogens is 437 g/mol. The molecule has 3 aromatic rings. The lowest BCUT2D eigenvalue weighted by molar-refractivity contribution is 0.126. The number of benzene rings is 3. The van der Waals surface area contributed by atoms with Gasteiger partial charge in [0.1, 0.15) is 5.82 Å². The van der Waals surface area contributed by atoms with Gasteiger partial charge in [0.05, 0.1) is 13.2 Å². The Bertz CT molecular complexity index is 976. The number of aryl methyl sites for hydroxylation is 1. The summed E-state index contributed by atoms with van der Waals surface area (Å²) >= 11 is 0. The van der Waals surface area contributed by atoms with Crippen LogP contribution in [0.2, 0.25) is 0 Å². The second-order valence-corrected chi connectivity index (χ2v) is 9.22. The number of hydrogen-bond acceptors (Lipinski definition) is 2. The average Bonchev–Trinajstić information content (AvgIpc) is 2.90. The number of carbonyl (C=O) groups is 1. The number of amides is 1. The van der Waals surface area contributed by atoms with Gasteiger partial charge in [0.2, 0.25) is 0 Å².